The van der Waals surface area contributed by atoms with Gasteiger partial charge in [-0.15, -0.1) is 0 Å². The summed E-state index contributed by atoms with van der Waals surface area (Å²) in [6.07, 6.45) is 4.05. The average molecular weight is 527 g/mol. The van der Waals surface area contributed by atoms with Gasteiger partial charge in [-0.1, -0.05) is 23.9 Å². The maximum absolute atomic E-state index is 15.1. The molecule has 2 aliphatic rings. The lowest BCUT2D eigenvalue weighted by Crippen LogP contribution is -2.38. The summed E-state index contributed by atoms with van der Waals surface area (Å²) < 4.78 is 52.3. The maximum atomic E-state index is 15.1. The minimum absolute atomic E-state index is 0.0493. The molecule has 8 nitrogen and oxygen atoms in total. The molecule has 4 heterocycles. The smallest absolute Gasteiger partial charge is 0.253 e. The van der Waals surface area contributed by atoms with E-state index in [2.05, 4.69) is 24.9 Å². The molecular formula is C25H21F3N6O2S. The molecule has 1 fully saturated rings. The van der Waals surface area contributed by atoms with Gasteiger partial charge in [0.25, 0.3) is 6.43 Å². The lowest BCUT2D eigenvalue weighted by Gasteiger charge is -2.34. The third kappa shape index (κ3) is 4.08. The molecule has 0 radical (unpaired) electrons. The van der Waals surface area contributed by atoms with Crippen LogP contribution in [-0.4, -0.2) is 36.3 Å². The Balaban J connectivity index is 1.29. The van der Waals surface area contributed by atoms with E-state index in [0.717, 1.165) is 17.3 Å². The van der Waals surface area contributed by atoms with Crippen molar-refractivity contribution in [3.63, 3.8) is 0 Å². The Hall–Kier alpha value is -3.67. The standard InChI is InChI=1S/C25H21F3N6O2S/c1-24(18-10-25(18,22(27)28)37-23(29)34-24)14-8-13(2-3-15(14)26)9-17-21-16(4-5-30-17)33-19(11-32-21)36-12-20-31-6-7-35-20/h2-8,11,18,22H,9-10,12H2,1H3,(H2,29,34)/t18-,24+,25-/m0/s1. The average Bonchev–Trinajstić information content (AvgIpc) is 3.41. The van der Waals surface area contributed by atoms with Crippen LogP contribution >= 0.6 is 11.8 Å². The summed E-state index contributed by atoms with van der Waals surface area (Å²) in [7, 11) is 0. The minimum Gasteiger partial charge on any atom is -0.467 e. The fourth-order valence-corrected chi connectivity index (χ4v) is 6.35. The minimum atomic E-state index is -2.58. The molecule has 0 bridgehead atoms. The number of hydrogen-bond donors (Lipinski definition) is 1. The molecule has 1 aliphatic carbocycles. The van der Waals surface area contributed by atoms with Crippen LogP contribution in [0.25, 0.3) is 11.0 Å². The summed E-state index contributed by atoms with van der Waals surface area (Å²) in [5, 5.41) is 0.0493. The van der Waals surface area contributed by atoms with Crippen LogP contribution in [0, 0.1) is 11.7 Å². The first-order chi connectivity index (χ1) is 17.8. The maximum Gasteiger partial charge on any atom is 0.253 e. The topological polar surface area (TPSA) is 112 Å². The summed E-state index contributed by atoms with van der Waals surface area (Å²) in [5.41, 5.74) is 7.50. The number of nitrogens with two attached hydrogens (primary N) is 1. The van der Waals surface area contributed by atoms with Gasteiger partial charge in [0.05, 0.1) is 33.9 Å². The van der Waals surface area contributed by atoms with E-state index in [4.69, 9.17) is 14.9 Å². The van der Waals surface area contributed by atoms with Gasteiger partial charge in [-0.05, 0) is 31.0 Å². The van der Waals surface area contributed by atoms with Crippen molar-refractivity contribution >= 4 is 28.0 Å². The number of rotatable bonds is 7. The molecule has 1 aromatic carbocycles. The number of halogens is 3. The van der Waals surface area contributed by atoms with Crippen molar-refractivity contribution in [1.29, 1.82) is 0 Å². The Kier molecular flexibility index (Phi) is 5.59. The number of benzene rings is 1. The molecule has 0 saturated heterocycles. The fourth-order valence-electron chi connectivity index (χ4n) is 5.01. The van der Waals surface area contributed by atoms with Crippen LogP contribution in [0.4, 0.5) is 13.2 Å². The molecule has 3 atom stereocenters. The number of ether oxygens (including phenoxy) is 1. The van der Waals surface area contributed by atoms with Gasteiger partial charge < -0.3 is 14.9 Å². The van der Waals surface area contributed by atoms with E-state index in [9.17, 15) is 8.78 Å². The quantitative estimate of drug-likeness (QED) is 0.371. The second kappa shape index (κ2) is 8.72. The van der Waals surface area contributed by atoms with Gasteiger partial charge in [-0.3, -0.25) is 9.98 Å². The second-order valence-electron chi connectivity index (χ2n) is 9.25. The number of alkyl halides is 2. The van der Waals surface area contributed by atoms with Gasteiger partial charge in [-0.2, -0.15) is 0 Å². The van der Waals surface area contributed by atoms with Crippen LogP contribution in [-0.2, 0) is 18.6 Å². The van der Waals surface area contributed by atoms with Gasteiger partial charge in [0.2, 0.25) is 11.8 Å². The van der Waals surface area contributed by atoms with Crippen LogP contribution in [0.1, 0.15) is 36.1 Å². The van der Waals surface area contributed by atoms with E-state index >= 15 is 4.39 Å². The molecule has 6 rings (SSSR count). The van der Waals surface area contributed by atoms with Gasteiger partial charge >= 0.3 is 0 Å². The Morgan fingerprint density at radius 3 is 2.86 bits per heavy atom. The van der Waals surface area contributed by atoms with E-state index in [1.54, 1.807) is 31.3 Å². The van der Waals surface area contributed by atoms with E-state index < -0.39 is 28.4 Å². The van der Waals surface area contributed by atoms with Crippen LogP contribution < -0.4 is 10.5 Å². The van der Waals surface area contributed by atoms with Crippen molar-refractivity contribution in [2.24, 2.45) is 16.6 Å². The number of fused-ring (bicyclic) bond motifs is 2. The molecule has 2 N–H and O–H groups in total. The van der Waals surface area contributed by atoms with Gasteiger partial charge in [0, 0.05) is 24.1 Å². The van der Waals surface area contributed by atoms with Crippen molar-refractivity contribution < 1.29 is 22.3 Å². The van der Waals surface area contributed by atoms with Crippen molar-refractivity contribution in [2.45, 2.75) is 43.1 Å². The van der Waals surface area contributed by atoms with Crippen LogP contribution in [0.15, 0.2) is 58.5 Å². The lowest BCUT2D eigenvalue weighted by atomic mass is 9.84. The number of pyridine rings is 1. The van der Waals surface area contributed by atoms with E-state index in [-0.39, 0.29) is 23.8 Å². The van der Waals surface area contributed by atoms with Crippen LogP contribution in [0.5, 0.6) is 5.88 Å². The molecule has 12 heteroatoms. The largest absolute Gasteiger partial charge is 0.467 e. The van der Waals surface area contributed by atoms with E-state index in [0.29, 0.717) is 34.9 Å². The number of nitrogens with zero attached hydrogens (tertiary/aromatic N) is 5. The zero-order valence-corrected chi connectivity index (χ0v) is 20.4. The highest BCUT2D eigenvalue weighted by molar-refractivity contribution is 8.15. The van der Waals surface area contributed by atoms with E-state index in [1.165, 1.54) is 24.7 Å². The summed E-state index contributed by atoms with van der Waals surface area (Å²) in [4.78, 5) is 21.9. The third-order valence-corrected chi connectivity index (χ3v) is 8.24. The normalized spacial score (nSPS) is 24.7. The number of oxazole rings is 1. The summed E-state index contributed by atoms with van der Waals surface area (Å²) in [6, 6.07) is 6.36. The van der Waals surface area contributed by atoms with Crippen molar-refractivity contribution in [1.82, 2.24) is 19.9 Å². The SMILES string of the molecule is C[C@]1(c2cc(Cc3nccc4nc(OCc5ncco5)cnc34)ccc2F)N=C(N)S[C@@]2(C(F)F)C[C@@H]12. The number of hydrogen-bond acceptors (Lipinski definition) is 9. The molecule has 0 amide bonds. The molecule has 190 valence electrons. The van der Waals surface area contributed by atoms with Gasteiger partial charge in [-0.25, -0.2) is 28.1 Å². The first kappa shape index (κ1) is 23.7. The Bertz CT molecular complexity index is 1520. The van der Waals surface area contributed by atoms with Crippen molar-refractivity contribution in [2.75, 3.05) is 0 Å². The first-order valence-electron chi connectivity index (χ1n) is 11.5. The monoisotopic (exact) mass is 526 g/mol. The Morgan fingerprint density at radius 1 is 1.22 bits per heavy atom. The van der Waals surface area contributed by atoms with Gasteiger partial charge in [0.1, 0.15) is 17.6 Å². The van der Waals surface area contributed by atoms with Crippen LogP contribution in [0.2, 0.25) is 0 Å². The summed E-state index contributed by atoms with van der Waals surface area (Å²) in [5.74, 6) is -0.308. The van der Waals surface area contributed by atoms with Crippen molar-refractivity contribution in [3.8, 4) is 5.88 Å². The number of amidine groups is 1. The molecule has 0 unspecified atom stereocenters. The highest BCUT2D eigenvalue weighted by atomic mass is 32.2. The molecule has 1 aliphatic heterocycles. The zero-order valence-electron chi connectivity index (χ0n) is 19.6. The number of aromatic nitrogens is 4. The predicted molar refractivity (Wildman–Crippen MR) is 131 cm³/mol. The highest BCUT2D eigenvalue weighted by Crippen LogP contribution is 2.68. The molecule has 37 heavy (non-hydrogen) atoms. The zero-order chi connectivity index (χ0) is 25.8. The summed E-state index contributed by atoms with van der Waals surface area (Å²) >= 11 is 0.897. The number of thioether (sulfide) groups is 1. The molecule has 3 aromatic heterocycles. The second-order valence-corrected chi connectivity index (χ2v) is 10.6. The number of aliphatic imine (C=N–C) groups is 1. The summed E-state index contributed by atoms with van der Waals surface area (Å²) in [6.45, 7) is 1.79. The molecule has 4 aromatic rings. The predicted octanol–water partition coefficient (Wildman–Crippen LogP) is 4.62. The fraction of sp³-hybridized carbons (Fsp3) is 0.320. The van der Waals surface area contributed by atoms with E-state index in [1.807, 2.05) is 0 Å². The lowest BCUT2D eigenvalue weighted by molar-refractivity contribution is 0.124. The molecule has 0 spiro atoms. The van der Waals surface area contributed by atoms with Gasteiger partial charge in [0.15, 0.2) is 11.8 Å². The Labute approximate surface area is 213 Å². The Morgan fingerprint density at radius 2 is 2.08 bits per heavy atom. The third-order valence-electron chi connectivity index (χ3n) is 6.93. The molecule has 1 saturated carbocycles. The first-order valence-corrected chi connectivity index (χ1v) is 12.3. The highest BCUT2D eigenvalue weighted by Gasteiger charge is 2.71. The molecular weight excluding hydrogens is 505 g/mol. The van der Waals surface area contributed by atoms with Crippen LogP contribution in [0.3, 0.4) is 0 Å². The van der Waals surface area contributed by atoms with Crippen molar-refractivity contribution in [3.05, 3.63) is 77.6 Å².